The molecule has 0 saturated heterocycles. The Kier molecular flexibility index (Phi) is 3.64. The highest BCUT2D eigenvalue weighted by atomic mass is 16.4. The van der Waals surface area contributed by atoms with Crippen LogP contribution in [0.5, 0.6) is 0 Å². The number of aromatic carboxylic acids is 2. The van der Waals surface area contributed by atoms with Crippen LogP contribution in [0.1, 0.15) is 20.7 Å². The number of pyridine rings is 1. The van der Waals surface area contributed by atoms with Crippen molar-refractivity contribution in [3.05, 3.63) is 65.9 Å². The number of carboxylic acids is 2. The smallest absolute Gasteiger partial charge is 0.339 e. The van der Waals surface area contributed by atoms with Crippen molar-refractivity contribution in [1.82, 2.24) is 4.98 Å². The summed E-state index contributed by atoms with van der Waals surface area (Å²) in [4.78, 5) is 26.7. The van der Waals surface area contributed by atoms with Gasteiger partial charge in [0.1, 0.15) is 5.56 Å². The van der Waals surface area contributed by atoms with Gasteiger partial charge in [-0.3, -0.25) is 4.98 Å². The average Bonchev–Trinajstić information content (AvgIpc) is 2.55. The molecule has 1 aromatic heterocycles. The molecule has 0 amide bonds. The Bertz CT molecular complexity index is 902. The van der Waals surface area contributed by atoms with E-state index in [1.165, 1.54) is 18.3 Å². The fraction of sp³-hybridized carbons (Fsp3) is 0. The second kappa shape index (κ2) is 5.76. The number of benzene rings is 2. The Labute approximate surface area is 131 Å². The van der Waals surface area contributed by atoms with Crippen LogP contribution in [-0.2, 0) is 0 Å². The zero-order chi connectivity index (χ0) is 16.4. The molecule has 6 heteroatoms. The summed E-state index contributed by atoms with van der Waals surface area (Å²) in [5.41, 5.74) is 1.57. The highest BCUT2D eigenvalue weighted by Crippen LogP contribution is 2.30. The fourth-order valence-electron chi connectivity index (χ4n) is 2.29. The van der Waals surface area contributed by atoms with E-state index in [1.54, 1.807) is 18.2 Å². The zero-order valence-corrected chi connectivity index (χ0v) is 11.9. The van der Waals surface area contributed by atoms with Crippen LogP contribution in [0.15, 0.2) is 54.7 Å². The zero-order valence-electron chi connectivity index (χ0n) is 11.9. The summed E-state index contributed by atoms with van der Waals surface area (Å²) in [5, 5.41) is 22.0. The van der Waals surface area contributed by atoms with E-state index in [9.17, 15) is 14.7 Å². The van der Waals surface area contributed by atoms with Gasteiger partial charge in [-0.05, 0) is 30.3 Å². The SMILES string of the molecule is O=C(O)c1ccc2ncc(C(=O)O)c(Nc3ccccc3)c2c1. The summed E-state index contributed by atoms with van der Waals surface area (Å²) >= 11 is 0. The van der Waals surface area contributed by atoms with E-state index in [0.29, 0.717) is 22.3 Å². The van der Waals surface area contributed by atoms with Crippen LogP contribution in [0.4, 0.5) is 11.4 Å². The predicted molar refractivity (Wildman–Crippen MR) is 85.4 cm³/mol. The van der Waals surface area contributed by atoms with Gasteiger partial charge in [-0.15, -0.1) is 0 Å². The molecule has 3 N–H and O–H groups in total. The van der Waals surface area contributed by atoms with E-state index in [0.717, 1.165) is 0 Å². The first-order valence-corrected chi connectivity index (χ1v) is 6.77. The lowest BCUT2D eigenvalue weighted by Crippen LogP contribution is -2.05. The van der Waals surface area contributed by atoms with Crippen molar-refractivity contribution in [3.63, 3.8) is 0 Å². The van der Waals surface area contributed by atoms with Gasteiger partial charge < -0.3 is 15.5 Å². The van der Waals surface area contributed by atoms with Crippen molar-refractivity contribution in [2.24, 2.45) is 0 Å². The molecular formula is C17H12N2O4. The third-order valence-corrected chi connectivity index (χ3v) is 3.39. The molecule has 0 aliphatic carbocycles. The number of carbonyl (C=O) groups is 2. The average molecular weight is 308 g/mol. The number of nitrogens with zero attached hydrogens (tertiary/aromatic N) is 1. The van der Waals surface area contributed by atoms with Crippen molar-refractivity contribution < 1.29 is 19.8 Å². The molecule has 114 valence electrons. The molecule has 23 heavy (non-hydrogen) atoms. The van der Waals surface area contributed by atoms with Gasteiger partial charge in [-0.25, -0.2) is 9.59 Å². The lowest BCUT2D eigenvalue weighted by atomic mass is 10.1. The Balaban J connectivity index is 2.25. The third kappa shape index (κ3) is 2.82. The van der Waals surface area contributed by atoms with Gasteiger partial charge in [-0.2, -0.15) is 0 Å². The first kappa shape index (κ1) is 14.5. The summed E-state index contributed by atoms with van der Waals surface area (Å²) in [6.45, 7) is 0. The summed E-state index contributed by atoms with van der Waals surface area (Å²) in [6.07, 6.45) is 1.26. The third-order valence-electron chi connectivity index (χ3n) is 3.39. The Hall–Kier alpha value is -3.41. The van der Waals surface area contributed by atoms with Gasteiger partial charge in [0.25, 0.3) is 0 Å². The minimum Gasteiger partial charge on any atom is -0.478 e. The quantitative estimate of drug-likeness (QED) is 0.683. The Morgan fingerprint density at radius 3 is 2.35 bits per heavy atom. The van der Waals surface area contributed by atoms with Crippen LogP contribution in [0.2, 0.25) is 0 Å². The molecule has 0 bridgehead atoms. The van der Waals surface area contributed by atoms with Gasteiger partial charge in [-0.1, -0.05) is 18.2 Å². The van der Waals surface area contributed by atoms with Crippen molar-refractivity contribution in [2.75, 3.05) is 5.32 Å². The van der Waals surface area contributed by atoms with E-state index in [-0.39, 0.29) is 11.1 Å². The molecule has 6 nitrogen and oxygen atoms in total. The van der Waals surface area contributed by atoms with Crippen LogP contribution < -0.4 is 5.32 Å². The molecular weight excluding hydrogens is 296 g/mol. The lowest BCUT2D eigenvalue weighted by Gasteiger charge is -2.13. The van der Waals surface area contributed by atoms with Crippen LogP contribution in [-0.4, -0.2) is 27.1 Å². The topological polar surface area (TPSA) is 99.5 Å². The molecule has 0 spiro atoms. The van der Waals surface area contributed by atoms with E-state index >= 15 is 0 Å². The minimum atomic E-state index is -1.14. The molecule has 0 radical (unpaired) electrons. The van der Waals surface area contributed by atoms with Crippen molar-refractivity contribution >= 4 is 34.2 Å². The molecule has 0 saturated carbocycles. The number of nitrogens with one attached hydrogen (secondary N) is 1. The number of fused-ring (bicyclic) bond motifs is 1. The lowest BCUT2D eigenvalue weighted by molar-refractivity contribution is 0.0687. The number of anilines is 2. The van der Waals surface area contributed by atoms with E-state index < -0.39 is 11.9 Å². The van der Waals surface area contributed by atoms with Crippen LogP contribution in [0.25, 0.3) is 10.9 Å². The van der Waals surface area contributed by atoms with Gasteiger partial charge >= 0.3 is 11.9 Å². The molecule has 3 rings (SSSR count). The van der Waals surface area contributed by atoms with Crippen molar-refractivity contribution in [2.45, 2.75) is 0 Å². The fourth-order valence-corrected chi connectivity index (χ4v) is 2.29. The van der Waals surface area contributed by atoms with Crippen molar-refractivity contribution in [1.29, 1.82) is 0 Å². The van der Waals surface area contributed by atoms with E-state index in [4.69, 9.17) is 5.11 Å². The van der Waals surface area contributed by atoms with Crippen LogP contribution in [0, 0.1) is 0 Å². The maximum Gasteiger partial charge on any atom is 0.339 e. The molecule has 2 aromatic carbocycles. The van der Waals surface area contributed by atoms with Gasteiger partial charge in [0.15, 0.2) is 0 Å². The number of aromatic nitrogens is 1. The van der Waals surface area contributed by atoms with E-state index in [1.807, 2.05) is 18.2 Å². The maximum atomic E-state index is 11.5. The van der Waals surface area contributed by atoms with Gasteiger partial charge in [0.2, 0.25) is 0 Å². The van der Waals surface area contributed by atoms with Gasteiger partial charge in [0, 0.05) is 17.3 Å². The highest BCUT2D eigenvalue weighted by Gasteiger charge is 2.16. The second-order valence-electron chi connectivity index (χ2n) is 4.88. The van der Waals surface area contributed by atoms with Gasteiger partial charge in [0.05, 0.1) is 16.8 Å². The highest BCUT2D eigenvalue weighted by molar-refractivity contribution is 6.07. The number of rotatable bonds is 4. The van der Waals surface area contributed by atoms with Crippen molar-refractivity contribution in [3.8, 4) is 0 Å². The summed E-state index contributed by atoms with van der Waals surface area (Å²) in [5.74, 6) is -2.23. The normalized spacial score (nSPS) is 10.4. The summed E-state index contributed by atoms with van der Waals surface area (Å²) in [7, 11) is 0. The molecule has 1 heterocycles. The molecule has 0 aliphatic heterocycles. The summed E-state index contributed by atoms with van der Waals surface area (Å²) < 4.78 is 0. The molecule has 0 atom stereocenters. The van der Waals surface area contributed by atoms with E-state index in [2.05, 4.69) is 10.3 Å². The second-order valence-corrected chi connectivity index (χ2v) is 4.88. The number of hydrogen-bond acceptors (Lipinski definition) is 4. The Morgan fingerprint density at radius 1 is 0.957 bits per heavy atom. The number of carboxylic acid groups (broad SMARTS) is 2. The van der Waals surface area contributed by atoms with Crippen LogP contribution >= 0.6 is 0 Å². The first-order valence-electron chi connectivity index (χ1n) is 6.77. The standard InChI is InChI=1S/C17H12N2O4/c20-16(21)10-6-7-14-12(8-10)15(13(9-18-14)17(22)23)19-11-4-2-1-3-5-11/h1-9H,(H,18,19)(H,20,21)(H,22,23). The minimum absolute atomic E-state index is 0.0242. The molecule has 0 fully saturated rings. The molecule has 0 aliphatic rings. The maximum absolute atomic E-state index is 11.5. The monoisotopic (exact) mass is 308 g/mol. The first-order chi connectivity index (χ1) is 11.1. The molecule has 3 aromatic rings. The van der Waals surface area contributed by atoms with Crippen LogP contribution in [0.3, 0.4) is 0 Å². The Morgan fingerprint density at radius 2 is 1.70 bits per heavy atom. The largest absolute Gasteiger partial charge is 0.478 e. The number of para-hydroxylation sites is 1. The summed E-state index contributed by atoms with van der Waals surface area (Å²) in [6, 6.07) is 13.5. The number of hydrogen-bond donors (Lipinski definition) is 3. The predicted octanol–water partition coefficient (Wildman–Crippen LogP) is 3.37. The molecule has 0 unspecified atom stereocenters.